The molecule has 1 aliphatic rings. The van der Waals surface area contributed by atoms with Crippen LogP contribution in [0, 0.1) is 0 Å². The van der Waals surface area contributed by atoms with Gasteiger partial charge in [0.15, 0.2) is 0 Å². The lowest BCUT2D eigenvalue weighted by Gasteiger charge is -2.24. The molecule has 15 heavy (non-hydrogen) atoms. The minimum atomic E-state index is 0.448. The molecule has 0 spiro atoms. The Morgan fingerprint density at radius 2 is 2.27 bits per heavy atom. The molecule has 0 bridgehead atoms. The van der Waals surface area contributed by atoms with E-state index in [2.05, 4.69) is 49.2 Å². The summed E-state index contributed by atoms with van der Waals surface area (Å²) < 4.78 is 2.03. The maximum atomic E-state index is 4.38. The van der Waals surface area contributed by atoms with Crippen molar-refractivity contribution in [3.05, 3.63) is 30.1 Å². The predicted molar refractivity (Wildman–Crippen MR) is 62.0 cm³/mol. The highest BCUT2D eigenvalue weighted by Gasteiger charge is 2.16. The largest absolute Gasteiger partial charge is 0.302 e. The Labute approximate surface area is 91.4 Å². The van der Waals surface area contributed by atoms with Crippen molar-refractivity contribution in [1.29, 1.82) is 0 Å². The van der Waals surface area contributed by atoms with Crippen LogP contribution in [0.5, 0.6) is 0 Å². The van der Waals surface area contributed by atoms with Gasteiger partial charge < -0.3 is 4.90 Å². The molecule has 1 aromatic rings. The Bertz CT molecular complexity index is 352. The lowest BCUT2D eigenvalue weighted by molar-refractivity contribution is 0.345. The Balaban J connectivity index is 2.15. The third-order valence-corrected chi connectivity index (χ3v) is 2.87. The van der Waals surface area contributed by atoms with E-state index >= 15 is 0 Å². The monoisotopic (exact) mass is 205 g/mol. The third-order valence-electron chi connectivity index (χ3n) is 2.87. The second-order valence-electron chi connectivity index (χ2n) is 4.60. The van der Waals surface area contributed by atoms with E-state index in [1.807, 2.05) is 10.9 Å². The molecule has 1 aromatic heterocycles. The van der Waals surface area contributed by atoms with E-state index in [1.54, 1.807) is 0 Å². The van der Waals surface area contributed by atoms with Gasteiger partial charge in [-0.3, -0.25) is 4.68 Å². The van der Waals surface area contributed by atoms with E-state index in [-0.39, 0.29) is 0 Å². The summed E-state index contributed by atoms with van der Waals surface area (Å²) in [6.45, 7) is 6.47. The SMILES string of the molecule is CC(C)n1cc(C2C=CCN(C)C2)cn1. The predicted octanol–water partition coefficient (Wildman–Crippen LogP) is 2.05. The summed E-state index contributed by atoms with van der Waals surface area (Å²) >= 11 is 0. The van der Waals surface area contributed by atoms with Crippen molar-refractivity contribution < 1.29 is 0 Å². The smallest absolute Gasteiger partial charge is 0.0528 e. The fraction of sp³-hybridized carbons (Fsp3) is 0.583. The van der Waals surface area contributed by atoms with Gasteiger partial charge in [0.1, 0.15) is 0 Å². The Morgan fingerprint density at radius 1 is 1.47 bits per heavy atom. The van der Waals surface area contributed by atoms with Gasteiger partial charge in [-0.05, 0) is 26.5 Å². The van der Waals surface area contributed by atoms with Crippen LogP contribution in [0.25, 0.3) is 0 Å². The molecular weight excluding hydrogens is 186 g/mol. The third kappa shape index (κ3) is 2.29. The van der Waals surface area contributed by atoms with Crippen LogP contribution in [0.3, 0.4) is 0 Å². The van der Waals surface area contributed by atoms with Crippen molar-refractivity contribution in [2.24, 2.45) is 0 Å². The molecule has 3 nitrogen and oxygen atoms in total. The van der Waals surface area contributed by atoms with Gasteiger partial charge in [0.2, 0.25) is 0 Å². The molecule has 1 atom stereocenters. The zero-order valence-electron chi connectivity index (χ0n) is 9.72. The zero-order chi connectivity index (χ0) is 10.8. The molecular formula is C12H19N3. The first-order valence-corrected chi connectivity index (χ1v) is 5.56. The number of nitrogens with zero attached hydrogens (tertiary/aromatic N) is 3. The van der Waals surface area contributed by atoms with Crippen molar-refractivity contribution in [1.82, 2.24) is 14.7 Å². The van der Waals surface area contributed by atoms with Crippen LogP contribution in [0.4, 0.5) is 0 Å². The summed E-state index contributed by atoms with van der Waals surface area (Å²) in [6.07, 6.45) is 8.69. The first-order chi connectivity index (χ1) is 7.16. The van der Waals surface area contributed by atoms with Crippen LogP contribution in [-0.4, -0.2) is 34.8 Å². The van der Waals surface area contributed by atoms with Gasteiger partial charge >= 0.3 is 0 Å². The van der Waals surface area contributed by atoms with E-state index in [1.165, 1.54) is 5.56 Å². The average molecular weight is 205 g/mol. The zero-order valence-corrected chi connectivity index (χ0v) is 9.72. The van der Waals surface area contributed by atoms with Crippen LogP contribution in [0.2, 0.25) is 0 Å². The molecule has 0 radical (unpaired) electrons. The second kappa shape index (κ2) is 4.19. The minimum absolute atomic E-state index is 0.448. The van der Waals surface area contributed by atoms with Gasteiger partial charge in [0, 0.05) is 31.2 Å². The van der Waals surface area contributed by atoms with Crippen molar-refractivity contribution in [2.45, 2.75) is 25.8 Å². The summed E-state index contributed by atoms with van der Waals surface area (Å²) in [4.78, 5) is 2.33. The van der Waals surface area contributed by atoms with Crippen molar-refractivity contribution >= 4 is 0 Å². The average Bonchev–Trinajstić information content (AvgIpc) is 2.66. The molecule has 0 aromatic carbocycles. The van der Waals surface area contributed by atoms with Crippen LogP contribution in [0.15, 0.2) is 24.5 Å². The molecule has 0 saturated carbocycles. The topological polar surface area (TPSA) is 21.1 Å². The summed E-state index contributed by atoms with van der Waals surface area (Å²) in [5.41, 5.74) is 1.33. The van der Waals surface area contributed by atoms with Crippen molar-refractivity contribution in [3.8, 4) is 0 Å². The summed E-state index contributed by atoms with van der Waals surface area (Å²) in [5, 5.41) is 4.38. The Morgan fingerprint density at radius 3 is 2.87 bits per heavy atom. The molecule has 0 aliphatic carbocycles. The Hall–Kier alpha value is -1.09. The summed E-state index contributed by atoms with van der Waals surface area (Å²) in [6, 6.07) is 0.448. The Kier molecular flexibility index (Phi) is 2.91. The van der Waals surface area contributed by atoms with E-state index in [0.29, 0.717) is 12.0 Å². The quantitative estimate of drug-likeness (QED) is 0.689. The lowest BCUT2D eigenvalue weighted by atomic mass is 9.99. The van der Waals surface area contributed by atoms with Crippen molar-refractivity contribution in [2.75, 3.05) is 20.1 Å². The van der Waals surface area contributed by atoms with Crippen LogP contribution in [-0.2, 0) is 0 Å². The van der Waals surface area contributed by atoms with Gasteiger partial charge in [-0.1, -0.05) is 12.2 Å². The molecule has 0 fully saturated rings. The molecule has 0 amide bonds. The van der Waals surface area contributed by atoms with Gasteiger partial charge in [-0.15, -0.1) is 0 Å². The normalized spacial score (nSPS) is 22.5. The first kappa shape index (κ1) is 10.4. The number of hydrogen-bond donors (Lipinski definition) is 0. The fourth-order valence-corrected chi connectivity index (χ4v) is 1.92. The number of rotatable bonds is 2. The molecule has 3 heteroatoms. The maximum absolute atomic E-state index is 4.38. The molecule has 2 heterocycles. The van der Waals surface area contributed by atoms with E-state index < -0.39 is 0 Å². The highest BCUT2D eigenvalue weighted by Crippen LogP contribution is 2.21. The number of likely N-dealkylation sites (N-methyl/N-ethyl adjacent to an activating group) is 1. The lowest BCUT2D eigenvalue weighted by Crippen LogP contribution is -2.27. The molecule has 1 unspecified atom stereocenters. The highest BCUT2D eigenvalue weighted by atomic mass is 15.3. The summed E-state index contributed by atoms with van der Waals surface area (Å²) in [7, 11) is 2.16. The fourth-order valence-electron chi connectivity index (χ4n) is 1.92. The molecule has 0 N–H and O–H groups in total. The molecule has 0 saturated heterocycles. The van der Waals surface area contributed by atoms with Gasteiger partial charge in [0.05, 0.1) is 6.20 Å². The number of aromatic nitrogens is 2. The highest BCUT2D eigenvalue weighted by molar-refractivity contribution is 5.20. The minimum Gasteiger partial charge on any atom is -0.302 e. The standard InChI is InChI=1S/C12H19N3/c1-10(2)15-9-12(7-13-15)11-5-4-6-14(3)8-11/h4-5,7,9-11H,6,8H2,1-3H3. The second-order valence-corrected chi connectivity index (χ2v) is 4.60. The van der Waals surface area contributed by atoms with E-state index in [4.69, 9.17) is 0 Å². The molecule has 2 rings (SSSR count). The van der Waals surface area contributed by atoms with Gasteiger partial charge in [-0.2, -0.15) is 5.10 Å². The van der Waals surface area contributed by atoms with E-state index in [9.17, 15) is 0 Å². The van der Waals surface area contributed by atoms with Crippen LogP contribution >= 0.6 is 0 Å². The van der Waals surface area contributed by atoms with Crippen molar-refractivity contribution in [3.63, 3.8) is 0 Å². The molecule has 1 aliphatic heterocycles. The summed E-state index contributed by atoms with van der Waals surface area (Å²) in [5.74, 6) is 0.510. The maximum Gasteiger partial charge on any atom is 0.0528 e. The first-order valence-electron chi connectivity index (χ1n) is 5.56. The van der Waals surface area contributed by atoms with Gasteiger partial charge in [0.25, 0.3) is 0 Å². The number of hydrogen-bond acceptors (Lipinski definition) is 2. The van der Waals surface area contributed by atoms with Gasteiger partial charge in [-0.25, -0.2) is 0 Å². The van der Waals surface area contributed by atoms with Crippen LogP contribution in [0.1, 0.15) is 31.4 Å². The van der Waals surface area contributed by atoms with E-state index in [0.717, 1.165) is 13.1 Å². The molecule has 82 valence electrons. The van der Waals surface area contributed by atoms with Crippen LogP contribution < -0.4 is 0 Å².